The molecular formula is C15H15NO4. The van der Waals surface area contributed by atoms with Gasteiger partial charge in [0.15, 0.2) is 0 Å². The molecule has 1 atom stereocenters. The summed E-state index contributed by atoms with van der Waals surface area (Å²) in [4.78, 5) is 33.2. The molecule has 1 aromatic carbocycles. The first-order chi connectivity index (χ1) is 9.41. The molecule has 0 bridgehead atoms. The summed E-state index contributed by atoms with van der Waals surface area (Å²) in [5.74, 6) is 2.74. The summed E-state index contributed by atoms with van der Waals surface area (Å²) in [6.07, 6.45) is 0. The van der Waals surface area contributed by atoms with Crippen LogP contribution in [0.5, 0.6) is 0 Å². The van der Waals surface area contributed by atoms with Crippen molar-refractivity contribution >= 4 is 11.6 Å². The molecule has 104 valence electrons. The maximum absolute atomic E-state index is 11.5. The van der Waals surface area contributed by atoms with Crippen LogP contribution in [-0.2, 0) is 9.59 Å². The van der Waals surface area contributed by atoms with Crippen LogP contribution in [0.3, 0.4) is 0 Å². The fourth-order valence-corrected chi connectivity index (χ4v) is 1.95. The van der Waals surface area contributed by atoms with E-state index in [1.165, 1.54) is 13.8 Å². The van der Waals surface area contributed by atoms with Crippen LogP contribution in [0, 0.1) is 33.8 Å². The summed E-state index contributed by atoms with van der Waals surface area (Å²) < 4.78 is 0. The first kappa shape index (κ1) is 15.6. The lowest BCUT2D eigenvalue weighted by Crippen LogP contribution is -2.32. The van der Waals surface area contributed by atoms with Crippen molar-refractivity contribution in [2.45, 2.75) is 13.8 Å². The van der Waals surface area contributed by atoms with Gasteiger partial charge in [-0.2, -0.15) is 0 Å². The highest BCUT2D eigenvalue weighted by Crippen LogP contribution is 2.15. The van der Waals surface area contributed by atoms with Crippen LogP contribution in [0.2, 0.25) is 0 Å². The number of Topliss-reactive ketones (excluding diaryl/α,β-unsaturated/α-hetero) is 2. The van der Waals surface area contributed by atoms with Crippen LogP contribution in [0.15, 0.2) is 30.3 Å². The van der Waals surface area contributed by atoms with Gasteiger partial charge in [-0.15, -0.1) is 0 Å². The zero-order chi connectivity index (χ0) is 15.1. The summed E-state index contributed by atoms with van der Waals surface area (Å²) in [6.45, 7) is 1.98. The van der Waals surface area contributed by atoms with E-state index >= 15 is 0 Å². The van der Waals surface area contributed by atoms with Crippen LogP contribution in [0.25, 0.3) is 0 Å². The maximum atomic E-state index is 11.5. The van der Waals surface area contributed by atoms with E-state index in [0.29, 0.717) is 5.56 Å². The van der Waals surface area contributed by atoms with Crippen molar-refractivity contribution in [2.75, 3.05) is 6.54 Å². The van der Waals surface area contributed by atoms with E-state index in [9.17, 15) is 19.7 Å². The zero-order valence-corrected chi connectivity index (χ0v) is 11.3. The van der Waals surface area contributed by atoms with Gasteiger partial charge in [0.25, 0.3) is 0 Å². The van der Waals surface area contributed by atoms with Crippen molar-refractivity contribution in [2.24, 2.45) is 11.8 Å². The first-order valence-corrected chi connectivity index (χ1v) is 6.11. The molecule has 0 amide bonds. The molecule has 0 saturated heterocycles. The van der Waals surface area contributed by atoms with Gasteiger partial charge in [0.05, 0.1) is 5.92 Å². The van der Waals surface area contributed by atoms with E-state index in [2.05, 4.69) is 11.8 Å². The Morgan fingerprint density at radius 2 is 1.75 bits per heavy atom. The number of ketones is 2. The molecule has 0 radical (unpaired) electrons. The highest BCUT2D eigenvalue weighted by Gasteiger charge is 2.32. The average Bonchev–Trinajstić information content (AvgIpc) is 2.35. The molecule has 5 nitrogen and oxygen atoms in total. The quantitative estimate of drug-likeness (QED) is 0.354. The van der Waals surface area contributed by atoms with Crippen molar-refractivity contribution in [1.29, 1.82) is 0 Å². The van der Waals surface area contributed by atoms with E-state index in [1.54, 1.807) is 24.3 Å². The lowest BCUT2D eigenvalue weighted by atomic mass is 9.86. The molecule has 1 aromatic rings. The Labute approximate surface area is 117 Å². The van der Waals surface area contributed by atoms with Gasteiger partial charge < -0.3 is 0 Å². The van der Waals surface area contributed by atoms with Gasteiger partial charge in [-0.3, -0.25) is 19.7 Å². The minimum absolute atomic E-state index is 0.397. The Morgan fingerprint density at radius 1 is 1.20 bits per heavy atom. The summed E-state index contributed by atoms with van der Waals surface area (Å²) >= 11 is 0. The molecule has 0 heterocycles. The fourth-order valence-electron chi connectivity index (χ4n) is 1.95. The molecule has 1 rings (SSSR count). The van der Waals surface area contributed by atoms with Gasteiger partial charge >= 0.3 is 0 Å². The minimum Gasteiger partial charge on any atom is -0.299 e. The van der Waals surface area contributed by atoms with E-state index in [4.69, 9.17) is 0 Å². The van der Waals surface area contributed by atoms with Crippen molar-refractivity contribution in [3.63, 3.8) is 0 Å². The smallest absolute Gasteiger partial charge is 0.218 e. The van der Waals surface area contributed by atoms with E-state index < -0.39 is 34.9 Å². The Balaban J connectivity index is 3.07. The standard InChI is InChI=1S/C15H15NO4/c1-11(17)15(12(2)18)14(10-16(19)20)9-8-13-6-4-3-5-7-13/h3-7,14-15H,10H2,1-2H3/t14-/m1/s1. The maximum Gasteiger partial charge on any atom is 0.218 e. The highest BCUT2D eigenvalue weighted by molar-refractivity contribution is 6.00. The summed E-state index contributed by atoms with van der Waals surface area (Å²) in [7, 11) is 0. The molecule has 0 spiro atoms. The second-order valence-corrected chi connectivity index (χ2v) is 4.46. The van der Waals surface area contributed by atoms with Crippen molar-refractivity contribution in [1.82, 2.24) is 0 Å². The summed E-state index contributed by atoms with van der Waals surface area (Å²) in [6, 6.07) is 8.92. The Morgan fingerprint density at radius 3 is 2.20 bits per heavy atom. The number of carbonyl (C=O) groups excluding carboxylic acids is 2. The van der Waals surface area contributed by atoms with Crippen LogP contribution in [0.4, 0.5) is 0 Å². The predicted molar refractivity (Wildman–Crippen MR) is 73.5 cm³/mol. The van der Waals surface area contributed by atoms with Crippen LogP contribution in [-0.4, -0.2) is 23.0 Å². The highest BCUT2D eigenvalue weighted by atomic mass is 16.6. The van der Waals surface area contributed by atoms with Crippen molar-refractivity contribution in [3.8, 4) is 11.8 Å². The molecule has 0 N–H and O–H groups in total. The van der Waals surface area contributed by atoms with E-state index in [-0.39, 0.29) is 0 Å². The zero-order valence-electron chi connectivity index (χ0n) is 11.3. The van der Waals surface area contributed by atoms with Crippen LogP contribution < -0.4 is 0 Å². The molecule has 0 aliphatic heterocycles. The van der Waals surface area contributed by atoms with Gasteiger partial charge in [-0.25, -0.2) is 0 Å². The number of hydrogen-bond acceptors (Lipinski definition) is 4. The van der Waals surface area contributed by atoms with Gasteiger partial charge in [0.1, 0.15) is 17.5 Å². The molecule has 0 saturated carbocycles. The Kier molecular flexibility index (Phi) is 5.60. The molecule has 0 aliphatic rings. The van der Waals surface area contributed by atoms with Gasteiger partial charge in [0, 0.05) is 10.5 Å². The second kappa shape index (κ2) is 7.19. The molecular weight excluding hydrogens is 258 g/mol. The Hall–Kier alpha value is -2.48. The Bertz CT molecular complexity index is 555. The third kappa shape index (κ3) is 4.65. The minimum atomic E-state index is -1.04. The average molecular weight is 273 g/mol. The largest absolute Gasteiger partial charge is 0.299 e. The normalized spacial score (nSPS) is 11.3. The number of hydrogen-bond donors (Lipinski definition) is 0. The van der Waals surface area contributed by atoms with Gasteiger partial charge in [-0.1, -0.05) is 30.0 Å². The first-order valence-electron chi connectivity index (χ1n) is 6.11. The number of carbonyl (C=O) groups is 2. The van der Waals surface area contributed by atoms with Crippen molar-refractivity contribution in [3.05, 3.63) is 46.0 Å². The molecule has 20 heavy (non-hydrogen) atoms. The summed E-state index contributed by atoms with van der Waals surface area (Å²) in [5, 5.41) is 10.7. The molecule has 5 heteroatoms. The topological polar surface area (TPSA) is 77.3 Å². The SMILES string of the molecule is CC(=O)C(C(C)=O)[C@H](C#Cc1ccccc1)C[N+](=O)[O-]. The van der Waals surface area contributed by atoms with E-state index in [0.717, 1.165) is 0 Å². The fraction of sp³-hybridized carbons (Fsp3) is 0.333. The number of nitro groups is 1. The number of benzene rings is 1. The number of rotatable bonds is 5. The molecule has 0 aromatic heterocycles. The lowest BCUT2D eigenvalue weighted by Gasteiger charge is -2.14. The molecule has 0 unspecified atom stereocenters. The third-order valence-electron chi connectivity index (χ3n) is 2.80. The van der Waals surface area contributed by atoms with Crippen LogP contribution >= 0.6 is 0 Å². The third-order valence-corrected chi connectivity index (χ3v) is 2.80. The number of nitrogens with zero attached hydrogens (tertiary/aromatic N) is 1. The van der Waals surface area contributed by atoms with E-state index in [1.807, 2.05) is 6.07 Å². The monoisotopic (exact) mass is 273 g/mol. The van der Waals surface area contributed by atoms with Gasteiger partial charge in [0.2, 0.25) is 6.54 Å². The molecule has 0 fully saturated rings. The second-order valence-electron chi connectivity index (χ2n) is 4.46. The molecule has 0 aliphatic carbocycles. The van der Waals surface area contributed by atoms with Crippen LogP contribution in [0.1, 0.15) is 19.4 Å². The van der Waals surface area contributed by atoms with Crippen molar-refractivity contribution < 1.29 is 14.5 Å². The predicted octanol–water partition coefficient (Wildman–Crippen LogP) is 1.73. The lowest BCUT2D eigenvalue weighted by molar-refractivity contribution is -0.486. The summed E-state index contributed by atoms with van der Waals surface area (Å²) in [5.41, 5.74) is 0.687. The van der Waals surface area contributed by atoms with Gasteiger partial charge in [-0.05, 0) is 26.0 Å².